The first-order chi connectivity index (χ1) is 7.70. The number of nitrogen functional groups attached to an aromatic ring is 1. The minimum Gasteiger partial charge on any atom is -0.464 e. The first kappa shape index (κ1) is 10.5. The Morgan fingerprint density at radius 2 is 2.44 bits per heavy atom. The number of hydrogen-bond donors (Lipinski definition) is 1. The number of carbonyl (C=O) groups excluding carboxylic acids is 1. The average molecular weight is 221 g/mol. The second-order valence-corrected chi connectivity index (χ2v) is 3.39. The zero-order chi connectivity index (χ0) is 11.7. The molecule has 2 rings (SSSR count). The van der Waals surface area contributed by atoms with Gasteiger partial charge in [0, 0.05) is 6.54 Å². The summed E-state index contributed by atoms with van der Waals surface area (Å²) in [5.74, 6) is -0.526. The third-order valence-electron chi connectivity index (χ3n) is 2.60. The van der Waals surface area contributed by atoms with Crippen molar-refractivity contribution in [3.8, 4) is 6.07 Å². The van der Waals surface area contributed by atoms with E-state index in [1.165, 1.54) is 7.11 Å². The molecule has 2 N–H and O–H groups in total. The molecule has 2 heterocycles. The number of nitrogens with zero attached hydrogens (tertiary/aromatic N) is 2. The van der Waals surface area contributed by atoms with Crippen LogP contribution >= 0.6 is 0 Å². The van der Waals surface area contributed by atoms with Gasteiger partial charge in [-0.2, -0.15) is 5.26 Å². The van der Waals surface area contributed by atoms with Crippen LogP contribution in [-0.4, -0.2) is 24.3 Å². The second-order valence-electron chi connectivity index (χ2n) is 3.39. The Hall–Kier alpha value is -2.00. The molecular weight excluding hydrogens is 210 g/mol. The Kier molecular flexibility index (Phi) is 2.54. The summed E-state index contributed by atoms with van der Waals surface area (Å²) in [6.45, 7) is 1.30. The van der Waals surface area contributed by atoms with E-state index in [0.717, 1.165) is 0 Å². The molecule has 1 aromatic heterocycles. The number of carbonyl (C=O) groups is 1. The molecule has 0 amide bonds. The number of nitriles is 1. The second kappa shape index (κ2) is 3.87. The predicted molar refractivity (Wildman–Crippen MR) is 54.6 cm³/mol. The molecule has 16 heavy (non-hydrogen) atoms. The van der Waals surface area contributed by atoms with Crippen molar-refractivity contribution < 1.29 is 14.3 Å². The predicted octanol–water partition coefficient (Wildman–Crippen LogP) is 0.259. The number of fused-ring (bicyclic) bond motifs is 1. The molecule has 1 aliphatic heterocycles. The van der Waals surface area contributed by atoms with Crippen LogP contribution in [0.25, 0.3) is 0 Å². The molecule has 0 radical (unpaired) electrons. The van der Waals surface area contributed by atoms with Gasteiger partial charge < -0.3 is 19.8 Å². The van der Waals surface area contributed by atoms with Crippen LogP contribution in [-0.2, 0) is 22.6 Å². The summed E-state index contributed by atoms with van der Waals surface area (Å²) in [5, 5.41) is 8.99. The summed E-state index contributed by atoms with van der Waals surface area (Å²) >= 11 is 0. The summed E-state index contributed by atoms with van der Waals surface area (Å²) in [7, 11) is 1.28. The molecule has 1 aliphatic rings. The zero-order valence-corrected chi connectivity index (χ0v) is 8.82. The van der Waals surface area contributed by atoms with Gasteiger partial charge in [0.05, 0.1) is 37.3 Å². The number of rotatable bonds is 1. The maximum absolute atomic E-state index is 11.6. The highest BCUT2D eigenvalue weighted by Gasteiger charge is 2.27. The van der Waals surface area contributed by atoms with Gasteiger partial charge in [-0.05, 0) is 0 Å². The first-order valence-electron chi connectivity index (χ1n) is 4.77. The summed E-state index contributed by atoms with van der Waals surface area (Å²) in [4.78, 5) is 11.6. The number of methoxy groups -OCH3 is 1. The maximum atomic E-state index is 11.6. The van der Waals surface area contributed by atoms with Gasteiger partial charge in [-0.15, -0.1) is 0 Å². The smallest absolute Gasteiger partial charge is 0.356 e. The van der Waals surface area contributed by atoms with Crippen LogP contribution in [0.3, 0.4) is 0 Å². The molecule has 0 bridgehead atoms. The van der Waals surface area contributed by atoms with Gasteiger partial charge in [0.2, 0.25) is 0 Å². The highest BCUT2D eigenvalue weighted by atomic mass is 16.5. The lowest BCUT2D eigenvalue weighted by molar-refractivity contribution is 0.0561. The first-order valence-corrected chi connectivity index (χ1v) is 4.77. The van der Waals surface area contributed by atoms with E-state index in [0.29, 0.717) is 31.0 Å². The molecule has 1 aromatic rings. The monoisotopic (exact) mass is 221 g/mol. The van der Waals surface area contributed by atoms with E-state index in [9.17, 15) is 4.79 Å². The van der Waals surface area contributed by atoms with Gasteiger partial charge in [-0.3, -0.25) is 0 Å². The molecule has 0 fully saturated rings. The number of ether oxygens (including phenoxy) is 2. The Morgan fingerprint density at radius 1 is 1.69 bits per heavy atom. The summed E-state index contributed by atoms with van der Waals surface area (Å²) in [5.41, 5.74) is 7.15. The van der Waals surface area contributed by atoms with Crippen LogP contribution in [0.2, 0.25) is 0 Å². The largest absolute Gasteiger partial charge is 0.464 e. The van der Waals surface area contributed by atoms with E-state index in [1.807, 2.05) is 6.07 Å². The van der Waals surface area contributed by atoms with E-state index < -0.39 is 5.97 Å². The quantitative estimate of drug-likeness (QED) is 0.687. The lowest BCUT2D eigenvalue weighted by Gasteiger charge is -2.17. The molecule has 0 saturated heterocycles. The van der Waals surface area contributed by atoms with Gasteiger partial charge in [0.1, 0.15) is 6.07 Å². The van der Waals surface area contributed by atoms with Gasteiger partial charge >= 0.3 is 5.97 Å². The third-order valence-corrected chi connectivity index (χ3v) is 2.60. The molecule has 0 saturated carbocycles. The number of anilines is 1. The van der Waals surface area contributed by atoms with Gasteiger partial charge in [0.15, 0.2) is 5.69 Å². The van der Waals surface area contributed by atoms with Crippen molar-refractivity contribution in [2.45, 2.75) is 13.2 Å². The van der Waals surface area contributed by atoms with Crippen molar-refractivity contribution in [1.29, 1.82) is 5.26 Å². The number of esters is 1. The summed E-state index contributed by atoms with van der Waals surface area (Å²) < 4.78 is 11.6. The Bertz CT molecular complexity index is 484. The summed E-state index contributed by atoms with van der Waals surface area (Å²) in [6.07, 6.45) is 0. The lowest BCUT2D eigenvalue weighted by Crippen LogP contribution is -2.21. The minimum atomic E-state index is -0.526. The fourth-order valence-electron chi connectivity index (χ4n) is 1.85. The summed E-state index contributed by atoms with van der Waals surface area (Å²) in [6, 6.07) is 1.99. The van der Waals surface area contributed by atoms with E-state index in [2.05, 4.69) is 4.74 Å². The van der Waals surface area contributed by atoms with E-state index in [-0.39, 0.29) is 11.4 Å². The van der Waals surface area contributed by atoms with Gasteiger partial charge in [0.25, 0.3) is 0 Å². The molecule has 0 spiro atoms. The zero-order valence-electron chi connectivity index (χ0n) is 8.82. The molecular formula is C10H11N3O3. The lowest BCUT2D eigenvalue weighted by atomic mass is 10.2. The van der Waals surface area contributed by atoms with Crippen molar-refractivity contribution in [3.05, 3.63) is 17.0 Å². The molecule has 84 valence electrons. The normalized spacial score (nSPS) is 14.0. The molecule has 6 heteroatoms. The maximum Gasteiger partial charge on any atom is 0.356 e. The highest BCUT2D eigenvalue weighted by Crippen LogP contribution is 2.28. The molecule has 0 atom stereocenters. The highest BCUT2D eigenvalue weighted by molar-refractivity contribution is 5.95. The van der Waals surface area contributed by atoms with Crippen LogP contribution in [0, 0.1) is 11.3 Å². The number of hydrogen-bond acceptors (Lipinski definition) is 5. The number of aromatic nitrogens is 1. The minimum absolute atomic E-state index is 0.176. The van der Waals surface area contributed by atoms with Crippen LogP contribution < -0.4 is 5.73 Å². The molecule has 0 aromatic carbocycles. The van der Waals surface area contributed by atoms with Crippen molar-refractivity contribution in [2.24, 2.45) is 0 Å². The standard InChI is InChI=1S/C10H11N3O3/c1-15-10(14)9-8(12)6(4-11)7-5-16-3-2-13(7)9/h2-3,5,12H2,1H3. The average Bonchev–Trinajstić information content (AvgIpc) is 2.60. The Morgan fingerprint density at radius 3 is 3.06 bits per heavy atom. The van der Waals surface area contributed by atoms with Crippen molar-refractivity contribution in [2.75, 3.05) is 19.5 Å². The number of nitrogens with two attached hydrogens (primary N) is 1. The van der Waals surface area contributed by atoms with Crippen LogP contribution in [0.15, 0.2) is 0 Å². The van der Waals surface area contributed by atoms with Crippen molar-refractivity contribution in [1.82, 2.24) is 4.57 Å². The molecule has 0 unspecified atom stereocenters. The third kappa shape index (κ3) is 1.33. The van der Waals surface area contributed by atoms with E-state index >= 15 is 0 Å². The SMILES string of the molecule is COC(=O)c1c(N)c(C#N)c2n1CCOC2. The Balaban J connectivity index is 2.65. The van der Waals surface area contributed by atoms with Crippen molar-refractivity contribution >= 4 is 11.7 Å². The van der Waals surface area contributed by atoms with Crippen LogP contribution in [0.4, 0.5) is 5.69 Å². The van der Waals surface area contributed by atoms with E-state index in [4.69, 9.17) is 15.7 Å². The van der Waals surface area contributed by atoms with Crippen LogP contribution in [0.5, 0.6) is 0 Å². The Labute approximate surface area is 92.2 Å². The van der Waals surface area contributed by atoms with Crippen molar-refractivity contribution in [3.63, 3.8) is 0 Å². The molecule has 0 aliphatic carbocycles. The molecule has 6 nitrogen and oxygen atoms in total. The topological polar surface area (TPSA) is 90.3 Å². The van der Waals surface area contributed by atoms with E-state index in [1.54, 1.807) is 4.57 Å². The fraction of sp³-hybridized carbons (Fsp3) is 0.400. The van der Waals surface area contributed by atoms with Crippen LogP contribution in [0.1, 0.15) is 21.7 Å². The van der Waals surface area contributed by atoms with Gasteiger partial charge in [-0.1, -0.05) is 0 Å². The fourth-order valence-corrected chi connectivity index (χ4v) is 1.85. The van der Waals surface area contributed by atoms with Gasteiger partial charge in [-0.25, -0.2) is 4.79 Å².